The van der Waals surface area contributed by atoms with Crippen molar-refractivity contribution in [1.82, 2.24) is 4.90 Å². The van der Waals surface area contributed by atoms with Crippen LogP contribution in [-0.4, -0.2) is 35.0 Å². The monoisotopic (exact) mass is 293 g/mol. The van der Waals surface area contributed by atoms with Crippen LogP contribution in [0.25, 0.3) is 10.6 Å². The number of likely N-dealkylation sites (N-methyl/N-ethyl adjacent to an activating group) is 1. The highest BCUT2D eigenvalue weighted by Gasteiger charge is 2.24. The molecular weight excluding hydrogens is 278 g/mol. The largest absolute Gasteiger partial charge is 0.480 e. The third kappa shape index (κ3) is 2.75. The molecule has 0 fully saturated rings. The third-order valence-electron chi connectivity index (χ3n) is 3.06. The van der Waals surface area contributed by atoms with Crippen LogP contribution in [0.3, 0.4) is 0 Å². The third-order valence-corrected chi connectivity index (χ3v) is 4.15. The van der Waals surface area contributed by atoms with Crippen LogP contribution in [0.2, 0.25) is 0 Å². The van der Waals surface area contributed by atoms with Crippen molar-refractivity contribution in [3.05, 3.63) is 34.9 Å². The van der Waals surface area contributed by atoms with E-state index in [2.05, 4.69) is 0 Å². The Morgan fingerprint density at radius 2 is 2.00 bits per heavy atom. The molecule has 2 aromatic rings. The Balaban J connectivity index is 2.20. The first-order valence-electron chi connectivity index (χ1n) is 6.06. The summed E-state index contributed by atoms with van der Waals surface area (Å²) in [6.07, 6.45) is 0. The molecule has 1 unspecified atom stereocenters. The lowest BCUT2D eigenvalue weighted by atomic mass is 10.3. The van der Waals surface area contributed by atoms with E-state index in [-0.39, 0.29) is 5.91 Å². The molecule has 2 aromatic heterocycles. The van der Waals surface area contributed by atoms with Gasteiger partial charge in [0.2, 0.25) is 0 Å². The molecule has 1 amide bonds. The van der Waals surface area contributed by atoms with Gasteiger partial charge in [-0.25, -0.2) is 4.79 Å². The van der Waals surface area contributed by atoms with Crippen molar-refractivity contribution in [2.45, 2.75) is 19.9 Å². The Kier molecular flexibility index (Phi) is 3.94. The number of hydrogen-bond acceptors (Lipinski definition) is 4. The molecule has 0 aliphatic rings. The van der Waals surface area contributed by atoms with E-state index in [0.29, 0.717) is 10.6 Å². The first-order chi connectivity index (χ1) is 9.40. The van der Waals surface area contributed by atoms with Gasteiger partial charge in [0.05, 0.1) is 9.75 Å². The SMILES string of the molecule is Cc1ccc(-c2ccc(C(=O)N(C)C(C)C(=O)O)s2)o1. The van der Waals surface area contributed by atoms with E-state index in [1.807, 2.05) is 19.1 Å². The summed E-state index contributed by atoms with van der Waals surface area (Å²) >= 11 is 1.29. The first kappa shape index (κ1) is 14.3. The van der Waals surface area contributed by atoms with Gasteiger partial charge in [0, 0.05) is 7.05 Å². The van der Waals surface area contributed by atoms with E-state index in [1.165, 1.54) is 30.2 Å². The second-order valence-corrected chi connectivity index (χ2v) is 5.59. The summed E-state index contributed by atoms with van der Waals surface area (Å²) < 4.78 is 5.50. The maximum atomic E-state index is 12.2. The van der Waals surface area contributed by atoms with Crippen molar-refractivity contribution in [2.75, 3.05) is 7.05 Å². The number of aliphatic carboxylic acids is 1. The fourth-order valence-corrected chi connectivity index (χ4v) is 2.62. The summed E-state index contributed by atoms with van der Waals surface area (Å²) in [5.41, 5.74) is 0. The predicted octanol–water partition coefficient (Wildman–Crippen LogP) is 2.86. The lowest BCUT2D eigenvalue weighted by molar-refractivity contribution is -0.141. The maximum Gasteiger partial charge on any atom is 0.326 e. The fourth-order valence-electron chi connectivity index (χ4n) is 1.67. The minimum Gasteiger partial charge on any atom is -0.480 e. The second kappa shape index (κ2) is 5.50. The van der Waals surface area contributed by atoms with E-state index >= 15 is 0 Å². The Morgan fingerprint density at radius 1 is 1.30 bits per heavy atom. The van der Waals surface area contributed by atoms with Gasteiger partial charge in [0.1, 0.15) is 17.6 Å². The van der Waals surface area contributed by atoms with Crippen molar-refractivity contribution >= 4 is 23.2 Å². The molecule has 0 aliphatic heterocycles. The molecule has 0 spiro atoms. The van der Waals surface area contributed by atoms with Gasteiger partial charge in [-0.05, 0) is 38.1 Å². The standard InChI is InChI=1S/C14H15NO4S/c1-8-4-5-10(19-8)11-6-7-12(20-11)13(16)15(3)9(2)14(17)18/h4-7,9H,1-3H3,(H,17,18). The van der Waals surface area contributed by atoms with Crippen molar-refractivity contribution in [3.63, 3.8) is 0 Å². The van der Waals surface area contributed by atoms with Gasteiger partial charge in [-0.15, -0.1) is 11.3 Å². The molecule has 20 heavy (non-hydrogen) atoms. The average Bonchev–Trinajstić information content (AvgIpc) is 3.04. The minimum absolute atomic E-state index is 0.306. The summed E-state index contributed by atoms with van der Waals surface area (Å²) in [4.78, 5) is 25.6. The van der Waals surface area contributed by atoms with Gasteiger partial charge in [-0.2, -0.15) is 0 Å². The first-order valence-corrected chi connectivity index (χ1v) is 6.88. The number of thiophene rings is 1. The van der Waals surface area contributed by atoms with Crippen molar-refractivity contribution in [1.29, 1.82) is 0 Å². The molecule has 6 heteroatoms. The average molecular weight is 293 g/mol. The van der Waals surface area contributed by atoms with Crippen molar-refractivity contribution in [2.24, 2.45) is 0 Å². The highest BCUT2D eigenvalue weighted by molar-refractivity contribution is 7.17. The minimum atomic E-state index is -1.03. The van der Waals surface area contributed by atoms with E-state index in [1.54, 1.807) is 12.1 Å². The normalized spacial score (nSPS) is 12.2. The molecule has 2 heterocycles. The van der Waals surface area contributed by atoms with E-state index in [4.69, 9.17) is 9.52 Å². The number of carbonyl (C=O) groups is 2. The van der Waals surface area contributed by atoms with E-state index < -0.39 is 12.0 Å². The molecule has 0 saturated heterocycles. The zero-order valence-corrected chi connectivity index (χ0v) is 12.2. The molecule has 0 saturated carbocycles. The Morgan fingerprint density at radius 3 is 2.55 bits per heavy atom. The lowest BCUT2D eigenvalue weighted by Gasteiger charge is -2.20. The summed E-state index contributed by atoms with van der Waals surface area (Å²) in [6, 6.07) is 6.33. The summed E-state index contributed by atoms with van der Waals surface area (Å²) in [5, 5.41) is 8.93. The van der Waals surface area contributed by atoms with Gasteiger partial charge in [-0.1, -0.05) is 0 Å². The molecule has 0 radical (unpaired) electrons. The molecular formula is C14H15NO4S. The van der Waals surface area contributed by atoms with E-state index in [9.17, 15) is 9.59 Å². The topological polar surface area (TPSA) is 70.8 Å². The summed E-state index contributed by atoms with van der Waals surface area (Å²) in [6.45, 7) is 3.33. The smallest absolute Gasteiger partial charge is 0.326 e. The highest BCUT2D eigenvalue weighted by Crippen LogP contribution is 2.30. The number of furan rings is 1. The van der Waals surface area contributed by atoms with Gasteiger partial charge < -0.3 is 14.4 Å². The number of nitrogens with zero attached hydrogens (tertiary/aromatic N) is 1. The van der Waals surface area contributed by atoms with Crippen LogP contribution in [0, 0.1) is 6.92 Å². The van der Waals surface area contributed by atoms with Crippen LogP contribution in [0.15, 0.2) is 28.7 Å². The number of hydrogen-bond donors (Lipinski definition) is 1. The summed E-state index contributed by atoms with van der Waals surface area (Å²) in [5.74, 6) is 0.178. The number of rotatable bonds is 4. The molecule has 1 atom stereocenters. The Bertz CT molecular complexity index is 643. The number of carboxylic acid groups (broad SMARTS) is 1. The molecule has 0 aromatic carbocycles. The molecule has 2 rings (SSSR count). The highest BCUT2D eigenvalue weighted by atomic mass is 32.1. The molecule has 0 aliphatic carbocycles. The van der Waals surface area contributed by atoms with Gasteiger partial charge in [-0.3, -0.25) is 4.79 Å². The van der Waals surface area contributed by atoms with Crippen LogP contribution in [0.5, 0.6) is 0 Å². The Hall–Kier alpha value is -2.08. The van der Waals surface area contributed by atoms with Gasteiger partial charge in [0.25, 0.3) is 5.91 Å². The van der Waals surface area contributed by atoms with Crippen molar-refractivity contribution < 1.29 is 19.1 Å². The summed E-state index contributed by atoms with van der Waals surface area (Å²) in [7, 11) is 1.48. The Labute approximate surface area is 120 Å². The maximum absolute atomic E-state index is 12.2. The molecule has 5 nitrogen and oxygen atoms in total. The molecule has 106 valence electrons. The van der Waals surface area contributed by atoms with Crippen LogP contribution in [0.4, 0.5) is 0 Å². The van der Waals surface area contributed by atoms with Crippen LogP contribution in [0.1, 0.15) is 22.4 Å². The van der Waals surface area contributed by atoms with Gasteiger partial charge in [0.15, 0.2) is 0 Å². The number of amides is 1. The van der Waals surface area contributed by atoms with Crippen molar-refractivity contribution in [3.8, 4) is 10.6 Å². The number of aryl methyl sites for hydroxylation is 1. The molecule has 1 N–H and O–H groups in total. The fraction of sp³-hybridized carbons (Fsp3) is 0.286. The quantitative estimate of drug-likeness (QED) is 0.941. The second-order valence-electron chi connectivity index (χ2n) is 4.50. The van der Waals surface area contributed by atoms with Crippen LogP contribution < -0.4 is 0 Å². The van der Waals surface area contributed by atoms with Crippen LogP contribution >= 0.6 is 11.3 Å². The van der Waals surface area contributed by atoms with E-state index in [0.717, 1.165) is 10.6 Å². The van der Waals surface area contributed by atoms with Gasteiger partial charge >= 0.3 is 5.97 Å². The zero-order valence-electron chi connectivity index (χ0n) is 11.4. The number of carbonyl (C=O) groups excluding carboxylic acids is 1. The van der Waals surface area contributed by atoms with Crippen LogP contribution in [-0.2, 0) is 4.79 Å². The molecule has 0 bridgehead atoms. The zero-order chi connectivity index (χ0) is 14.9. The number of carboxylic acids is 1. The predicted molar refractivity (Wildman–Crippen MR) is 75.9 cm³/mol. The lowest BCUT2D eigenvalue weighted by Crippen LogP contribution is -2.39.